The van der Waals surface area contributed by atoms with Crippen LogP contribution in [0.25, 0.3) is 21.8 Å². The van der Waals surface area contributed by atoms with Crippen LogP contribution in [0.15, 0.2) is 29.1 Å². The summed E-state index contributed by atoms with van der Waals surface area (Å²) in [5, 5.41) is 12.1. The number of rotatable bonds is 9. The van der Waals surface area contributed by atoms with E-state index in [4.69, 9.17) is 14.2 Å². The maximum Gasteiger partial charge on any atom is 0.311 e. The molecule has 0 fully saturated rings. The molecule has 0 aliphatic carbocycles. The number of likely N-dealkylation sites (N-methyl/N-ethyl adjacent to an activating group) is 1. The predicted octanol–water partition coefficient (Wildman–Crippen LogP) is 3.43. The van der Waals surface area contributed by atoms with Gasteiger partial charge >= 0.3 is 5.69 Å². The van der Waals surface area contributed by atoms with Crippen LogP contribution >= 0.6 is 0 Å². The summed E-state index contributed by atoms with van der Waals surface area (Å²) >= 11 is 0. The lowest BCUT2D eigenvalue weighted by molar-refractivity contribution is -0.385. The molecule has 0 saturated heterocycles. The first-order chi connectivity index (χ1) is 14.9. The largest absolute Gasteiger partial charge is 0.497 e. The monoisotopic (exact) mass is 429 g/mol. The summed E-state index contributed by atoms with van der Waals surface area (Å²) in [6.07, 6.45) is 0. The zero-order valence-corrected chi connectivity index (χ0v) is 18.4. The van der Waals surface area contributed by atoms with E-state index in [1.165, 1.54) is 20.3 Å². The Labute approximate surface area is 179 Å². The van der Waals surface area contributed by atoms with Crippen LogP contribution in [0.3, 0.4) is 0 Å². The Morgan fingerprint density at radius 1 is 0.968 bits per heavy atom. The summed E-state index contributed by atoms with van der Waals surface area (Å²) in [6, 6.07) is 6.27. The molecule has 0 atom stereocenters. The third-order valence-electron chi connectivity index (χ3n) is 5.59. The van der Waals surface area contributed by atoms with Crippen molar-refractivity contribution in [1.82, 2.24) is 9.47 Å². The highest BCUT2D eigenvalue weighted by Crippen LogP contribution is 2.35. The molecule has 9 nitrogen and oxygen atoms in total. The van der Waals surface area contributed by atoms with E-state index in [9.17, 15) is 14.9 Å². The van der Waals surface area contributed by atoms with E-state index in [2.05, 4.69) is 18.7 Å². The van der Waals surface area contributed by atoms with Crippen LogP contribution in [-0.2, 0) is 6.54 Å². The molecular formula is C22H27N3O6. The zero-order valence-electron chi connectivity index (χ0n) is 18.4. The summed E-state index contributed by atoms with van der Waals surface area (Å²) in [6.45, 7) is 7.24. The van der Waals surface area contributed by atoms with Crippen LogP contribution in [0.1, 0.15) is 13.8 Å². The summed E-state index contributed by atoms with van der Waals surface area (Å²) in [5.41, 5.74) is 0.600. The molecule has 0 saturated carbocycles. The molecular weight excluding hydrogens is 402 g/mol. The molecule has 0 amide bonds. The Hall–Kier alpha value is -3.33. The van der Waals surface area contributed by atoms with E-state index >= 15 is 0 Å². The second-order valence-electron chi connectivity index (χ2n) is 7.03. The number of nitro benzene ring substituents is 1. The van der Waals surface area contributed by atoms with E-state index in [1.54, 1.807) is 25.3 Å². The zero-order chi connectivity index (χ0) is 22.7. The number of ether oxygens (including phenoxy) is 3. The Bertz CT molecular complexity index is 1180. The van der Waals surface area contributed by atoms with Gasteiger partial charge in [-0.2, -0.15) is 0 Å². The molecule has 0 bridgehead atoms. The van der Waals surface area contributed by atoms with Gasteiger partial charge in [-0.25, -0.2) is 0 Å². The highest BCUT2D eigenvalue weighted by Gasteiger charge is 2.23. The maximum atomic E-state index is 13.4. The van der Waals surface area contributed by atoms with Crippen molar-refractivity contribution in [3.63, 3.8) is 0 Å². The molecule has 1 aromatic heterocycles. The summed E-state index contributed by atoms with van der Waals surface area (Å²) in [7, 11) is 4.40. The van der Waals surface area contributed by atoms with Gasteiger partial charge in [0.2, 0.25) is 5.43 Å². The lowest BCUT2D eigenvalue weighted by Crippen LogP contribution is -2.28. The fourth-order valence-electron chi connectivity index (χ4n) is 3.85. The Kier molecular flexibility index (Phi) is 6.65. The Balaban J connectivity index is 2.46. The van der Waals surface area contributed by atoms with Gasteiger partial charge in [0.1, 0.15) is 11.5 Å². The molecule has 31 heavy (non-hydrogen) atoms. The smallest absolute Gasteiger partial charge is 0.311 e. The van der Waals surface area contributed by atoms with Gasteiger partial charge in [-0.1, -0.05) is 13.8 Å². The number of benzene rings is 2. The van der Waals surface area contributed by atoms with Crippen LogP contribution in [0.4, 0.5) is 5.69 Å². The third-order valence-corrected chi connectivity index (χ3v) is 5.59. The quantitative estimate of drug-likeness (QED) is 0.292. The van der Waals surface area contributed by atoms with Crippen LogP contribution in [0, 0.1) is 10.1 Å². The van der Waals surface area contributed by atoms with Crippen LogP contribution in [-0.4, -0.2) is 55.4 Å². The van der Waals surface area contributed by atoms with Gasteiger partial charge in [0.25, 0.3) is 0 Å². The molecule has 0 unspecified atom stereocenters. The minimum Gasteiger partial charge on any atom is -0.497 e. The Morgan fingerprint density at radius 2 is 1.65 bits per heavy atom. The topological polar surface area (TPSA) is 96.1 Å². The number of pyridine rings is 1. The number of hydrogen-bond acceptors (Lipinski definition) is 7. The third kappa shape index (κ3) is 4.00. The van der Waals surface area contributed by atoms with Crippen molar-refractivity contribution in [3.8, 4) is 17.2 Å². The van der Waals surface area contributed by atoms with Gasteiger partial charge in [-0.15, -0.1) is 0 Å². The Morgan fingerprint density at radius 3 is 2.19 bits per heavy atom. The van der Waals surface area contributed by atoms with E-state index in [1.807, 2.05) is 4.57 Å². The molecule has 0 N–H and O–H groups in total. The van der Waals surface area contributed by atoms with Crippen molar-refractivity contribution in [1.29, 1.82) is 0 Å². The first kappa shape index (κ1) is 22.4. The van der Waals surface area contributed by atoms with Gasteiger partial charge < -0.3 is 23.7 Å². The summed E-state index contributed by atoms with van der Waals surface area (Å²) in [4.78, 5) is 26.7. The number of fused-ring (bicyclic) bond motifs is 2. The van der Waals surface area contributed by atoms with Crippen LogP contribution < -0.4 is 19.6 Å². The highest BCUT2D eigenvalue weighted by molar-refractivity contribution is 5.98. The number of aromatic nitrogens is 1. The van der Waals surface area contributed by atoms with Crippen LogP contribution in [0.2, 0.25) is 0 Å². The molecule has 1 heterocycles. The normalized spacial score (nSPS) is 11.3. The van der Waals surface area contributed by atoms with Crippen molar-refractivity contribution >= 4 is 27.5 Å². The molecule has 166 valence electrons. The van der Waals surface area contributed by atoms with Gasteiger partial charge in [-0.3, -0.25) is 14.9 Å². The molecule has 0 spiro atoms. The highest BCUT2D eigenvalue weighted by atomic mass is 16.6. The lowest BCUT2D eigenvalue weighted by atomic mass is 10.1. The van der Waals surface area contributed by atoms with Gasteiger partial charge in [0.15, 0.2) is 5.75 Å². The minimum absolute atomic E-state index is 0.0997. The molecule has 0 radical (unpaired) electrons. The maximum absolute atomic E-state index is 13.4. The summed E-state index contributed by atoms with van der Waals surface area (Å²) in [5.74, 6) is 1.01. The van der Waals surface area contributed by atoms with E-state index in [-0.39, 0.29) is 22.3 Å². The number of nitro groups is 1. The molecule has 0 aliphatic heterocycles. The van der Waals surface area contributed by atoms with Crippen molar-refractivity contribution in [2.75, 3.05) is 41.0 Å². The first-order valence-electron chi connectivity index (χ1n) is 10.1. The molecule has 3 aromatic rings. The number of nitrogens with zero attached hydrogens (tertiary/aromatic N) is 3. The van der Waals surface area contributed by atoms with Gasteiger partial charge in [0.05, 0.1) is 48.1 Å². The fourth-order valence-corrected chi connectivity index (χ4v) is 3.85. The average Bonchev–Trinajstić information content (AvgIpc) is 2.79. The molecule has 3 rings (SSSR count). The summed E-state index contributed by atoms with van der Waals surface area (Å²) < 4.78 is 18.1. The predicted molar refractivity (Wildman–Crippen MR) is 120 cm³/mol. The van der Waals surface area contributed by atoms with Crippen molar-refractivity contribution in [3.05, 3.63) is 44.6 Å². The SMILES string of the molecule is CCN(CC)CCn1c2cc(OC)c([N+](=O)[O-])cc2c(=O)c2c(OC)cc(OC)cc21. The van der Waals surface area contributed by atoms with Crippen molar-refractivity contribution in [2.45, 2.75) is 20.4 Å². The van der Waals surface area contributed by atoms with E-state index in [0.717, 1.165) is 19.6 Å². The van der Waals surface area contributed by atoms with Crippen LogP contribution in [0.5, 0.6) is 17.2 Å². The van der Waals surface area contributed by atoms with Crippen molar-refractivity contribution in [2.24, 2.45) is 0 Å². The van der Waals surface area contributed by atoms with E-state index in [0.29, 0.717) is 34.5 Å². The standard InChI is InChI=1S/C22H27N3O6/c1-6-23(7-2)8-9-24-16-13-19(30-4)17(25(27)28)12-15(16)22(26)21-18(24)10-14(29-3)11-20(21)31-5/h10-13H,6-9H2,1-5H3. The van der Waals surface area contributed by atoms with E-state index < -0.39 is 4.92 Å². The fraction of sp³-hybridized carbons (Fsp3) is 0.409. The van der Waals surface area contributed by atoms with Gasteiger partial charge in [-0.05, 0) is 13.1 Å². The number of methoxy groups -OCH3 is 3. The molecule has 2 aromatic carbocycles. The van der Waals surface area contributed by atoms with Crippen molar-refractivity contribution < 1.29 is 19.1 Å². The average molecular weight is 429 g/mol. The van der Waals surface area contributed by atoms with Gasteiger partial charge in [0, 0.05) is 37.4 Å². The molecule has 9 heteroatoms. The lowest BCUT2D eigenvalue weighted by Gasteiger charge is -2.22. The number of hydrogen-bond donors (Lipinski definition) is 0. The second kappa shape index (κ2) is 9.22. The second-order valence-corrected chi connectivity index (χ2v) is 7.03. The minimum atomic E-state index is -0.548. The first-order valence-corrected chi connectivity index (χ1v) is 10.1. The molecule has 0 aliphatic rings.